The van der Waals surface area contributed by atoms with Crippen molar-refractivity contribution in [1.82, 2.24) is 0 Å². The maximum absolute atomic E-state index is 11.1. The number of ether oxygens (including phenoxy) is 1. The van der Waals surface area contributed by atoms with Crippen molar-refractivity contribution in [2.24, 2.45) is 46.3 Å². The summed E-state index contributed by atoms with van der Waals surface area (Å²) in [5, 5.41) is 9.13. The maximum Gasteiger partial charge on any atom is 0.506 e. The molecule has 0 heterocycles. The van der Waals surface area contributed by atoms with E-state index >= 15 is 0 Å². The van der Waals surface area contributed by atoms with E-state index in [9.17, 15) is 4.79 Å². The Morgan fingerprint density at radius 1 is 0.923 bits per heavy atom. The summed E-state index contributed by atoms with van der Waals surface area (Å²) in [6.45, 7) is 12.6. The molecule has 0 aromatic rings. The van der Waals surface area contributed by atoms with Gasteiger partial charge in [0, 0.05) is 6.42 Å². The van der Waals surface area contributed by atoms with Crippen LogP contribution < -0.4 is 0 Å². The van der Waals surface area contributed by atoms with Crippen LogP contribution in [-0.4, -0.2) is 17.4 Å². The number of allylic oxidation sites excluding steroid dienone is 1. The number of carbonyl (C=O) groups is 1. The first-order chi connectivity index (χ1) is 18.7. The zero-order valence-corrected chi connectivity index (χ0v) is 26.3. The molecule has 4 aliphatic rings. The molecule has 224 valence electrons. The van der Waals surface area contributed by atoms with Crippen molar-refractivity contribution >= 4 is 6.16 Å². The molecule has 0 aliphatic heterocycles. The van der Waals surface area contributed by atoms with Crippen LogP contribution in [0, 0.1) is 46.3 Å². The molecule has 3 nitrogen and oxygen atoms in total. The van der Waals surface area contributed by atoms with Gasteiger partial charge < -0.3 is 9.84 Å². The molecule has 0 amide bonds. The van der Waals surface area contributed by atoms with E-state index in [1.807, 2.05) is 0 Å². The van der Waals surface area contributed by atoms with E-state index in [0.717, 1.165) is 54.8 Å². The monoisotopic (exact) mass is 542 g/mol. The first-order valence-electron chi connectivity index (χ1n) is 17.3. The second-order valence-corrected chi connectivity index (χ2v) is 15.2. The van der Waals surface area contributed by atoms with Crippen molar-refractivity contribution < 1.29 is 14.6 Å². The number of hydrogen-bond acceptors (Lipinski definition) is 2. The molecule has 1 N–H and O–H groups in total. The van der Waals surface area contributed by atoms with Gasteiger partial charge in [0.2, 0.25) is 0 Å². The van der Waals surface area contributed by atoms with Crippen LogP contribution >= 0.6 is 0 Å². The number of fused-ring (bicyclic) bond motifs is 5. The van der Waals surface area contributed by atoms with Gasteiger partial charge >= 0.3 is 6.16 Å². The number of rotatable bonds is 14. The molecule has 0 spiro atoms. The fourth-order valence-corrected chi connectivity index (χ4v) is 10.4. The molecular weight excluding hydrogens is 480 g/mol. The van der Waals surface area contributed by atoms with Crippen molar-refractivity contribution in [3.63, 3.8) is 0 Å². The van der Waals surface area contributed by atoms with Gasteiger partial charge in [-0.3, -0.25) is 0 Å². The molecule has 0 aromatic carbocycles. The standard InChI is InChI=1S/C36H62O3/c1-6-7-8-9-10-11-12-14-26(2)15-13-16-27(3)31-19-20-32-30-18-17-28-25-29(39-34(37)38)21-23-35(28,4)33(30)22-24-36(31,32)5/h17,26-27,29-33H,6-16,18-25H2,1-5H3,(H,37,38)/t26?,27-,29+,30+,31-,32+,33+,35+,36-/m1/s1. The summed E-state index contributed by atoms with van der Waals surface area (Å²) in [6, 6.07) is 0. The zero-order chi connectivity index (χ0) is 28.0. The third-order valence-electron chi connectivity index (χ3n) is 12.7. The molecule has 0 saturated heterocycles. The van der Waals surface area contributed by atoms with Crippen LogP contribution in [0.15, 0.2) is 11.6 Å². The van der Waals surface area contributed by atoms with Gasteiger partial charge in [-0.15, -0.1) is 0 Å². The van der Waals surface area contributed by atoms with Crippen LogP contribution in [-0.2, 0) is 4.74 Å². The first-order valence-corrected chi connectivity index (χ1v) is 17.3. The van der Waals surface area contributed by atoms with Gasteiger partial charge in [-0.25, -0.2) is 4.79 Å². The van der Waals surface area contributed by atoms with E-state index in [-0.39, 0.29) is 11.5 Å². The lowest BCUT2D eigenvalue weighted by Gasteiger charge is -2.58. The lowest BCUT2D eigenvalue weighted by molar-refractivity contribution is -0.0601. The minimum atomic E-state index is -1.11. The average molecular weight is 543 g/mol. The summed E-state index contributed by atoms with van der Waals surface area (Å²) >= 11 is 0. The second kappa shape index (κ2) is 13.8. The highest BCUT2D eigenvalue weighted by Gasteiger charge is 2.59. The Labute approximate surface area is 241 Å². The Bertz CT molecular complexity index is 818. The maximum atomic E-state index is 11.1. The highest BCUT2D eigenvalue weighted by atomic mass is 16.7. The summed E-state index contributed by atoms with van der Waals surface area (Å²) in [4.78, 5) is 11.1. The molecule has 0 radical (unpaired) electrons. The average Bonchev–Trinajstić information content (AvgIpc) is 3.25. The van der Waals surface area contributed by atoms with E-state index in [2.05, 4.69) is 40.7 Å². The molecule has 3 saturated carbocycles. The van der Waals surface area contributed by atoms with E-state index in [0.29, 0.717) is 5.41 Å². The number of hydrogen-bond donors (Lipinski definition) is 1. The molecule has 1 unspecified atom stereocenters. The molecular formula is C36H62O3. The molecule has 3 heteroatoms. The number of carboxylic acid groups (broad SMARTS) is 1. The predicted molar refractivity (Wildman–Crippen MR) is 163 cm³/mol. The third-order valence-corrected chi connectivity index (χ3v) is 12.7. The van der Waals surface area contributed by atoms with E-state index in [4.69, 9.17) is 9.84 Å². The first kappa shape index (κ1) is 31.0. The van der Waals surface area contributed by atoms with Crippen molar-refractivity contribution in [2.75, 3.05) is 0 Å². The molecule has 4 rings (SSSR count). The molecule has 3 fully saturated rings. The highest BCUT2D eigenvalue weighted by molar-refractivity contribution is 5.57. The van der Waals surface area contributed by atoms with Crippen LogP contribution in [0.3, 0.4) is 0 Å². The van der Waals surface area contributed by atoms with Gasteiger partial charge in [0.15, 0.2) is 0 Å². The summed E-state index contributed by atoms with van der Waals surface area (Å²) in [7, 11) is 0. The fourth-order valence-electron chi connectivity index (χ4n) is 10.4. The quantitative estimate of drug-likeness (QED) is 0.135. The summed E-state index contributed by atoms with van der Waals surface area (Å²) in [6.07, 6.45) is 26.7. The minimum absolute atomic E-state index is 0.137. The normalized spacial score (nSPS) is 37.3. The lowest BCUT2D eigenvalue weighted by atomic mass is 9.47. The van der Waals surface area contributed by atoms with Gasteiger partial charge in [0.1, 0.15) is 6.10 Å². The van der Waals surface area contributed by atoms with E-state index in [1.165, 1.54) is 108 Å². The van der Waals surface area contributed by atoms with Gasteiger partial charge in [-0.1, -0.05) is 117 Å². The molecule has 0 aromatic heterocycles. The van der Waals surface area contributed by atoms with Gasteiger partial charge in [-0.2, -0.15) is 0 Å². The summed E-state index contributed by atoms with van der Waals surface area (Å²) in [5.41, 5.74) is 2.30. The minimum Gasteiger partial charge on any atom is -0.450 e. The topological polar surface area (TPSA) is 46.5 Å². The van der Waals surface area contributed by atoms with Crippen molar-refractivity contribution in [3.8, 4) is 0 Å². The van der Waals surface area contributed by atoms with Gasteiger partial charge in [0.25, 0.3) is 0 Å². The van der Waals surface area contributed by atoms with Crippen molar-refractivity contribution in [1.29, 1.82) is 0 Å². The van der Waals surface area contributed by atoms with Crippen molar-refractivity contribution in [3.05, 3.63) is 11.6 Å². The largest absolute Gasteiger partial charge is 0.506 e. The second-order valence-electron chi connectivity index (χ2n) is 15.2. The highest BCUT2D eigenvalue weighted by Crippen LogP contribution is 2.67. The molecule has 39 heavy (non-hydrogen) atoms. The third kappa shape index (κ3) is 7.09. The molecule has 9 atom stereocenters. The Morgan fingerprint density at radius 2 is 1.64 bits per heavy atom. The Balaban J connectivity index is 1.24. The SMILES string of the molecule is CCCCCCCCCC(C)CCC[C@@H](C)[C@H]1CC[C@H]2[C@@H]3CC=C4C[C@@H](OC(=O)O)CC[C@]4(C)[C@H]3CC[C@]12C. The predicted octanol–water partition coefficient (Wildman–Crippen LogP) is 11.2. The molecule has 4 aliphatic carbocycles. The lowest BCUT2D eigenvalue weighted by Crippen LogP contribution is -2.51. The van der Waals surface area contributed by atoms with Crippen LogP contribution in [0.2, 0.25) is 0 Å². The van der Waals surface area contributed by atoms with Crippen LogP contribution in [0.1, 0.15) is 157 Å². The van der Waals surface area contributed by atoms with E-state index < -0.39 is 6.16 Å². The zero-order valence-electron chi connectivity index (χ0n) is 26.3. The number of unbranched alkanes of at least 4 members (excludes halogenated alkanes) is 6. The van der Waals surface area contributed by atoms with Gasteiger partial charge in [0.05, 0.1) is 0 Å². The van der Waals surface area contributed by atoms with Crippen LogP contribution in [0.4, 0.5) is 4.79 Å². The van der Waals surface area contributed by atoms with Gasteiger partial charge in [-0.05, 0) is 91.3 Å². The Hall–Kier alpha value is -0.990. The summed E-state index contributed by atoms with van der Waals surface area (Å²) in [5.74, 6) is 5.14. The fraction of sp³-hybridized carbons (Fsp3) is 0.917. The van der Waals surface area contributed by atoms with Crippen molar-refractivity contribution in [2.45, 2.75) is 163 Å². The smallest absolute Gasteiger partial charge is 0.450 e. The Morgan fingerprint density at radius 3 is 2.38 bits per heavy atom. The van der Waals surface area contributed by atoms with E-state index in [1.54, 1.807) is 0 Å². The van der Waals surface area contributed by atoms with Crippen LogP contribution in [0.25, 0.3) is 0 Å². The Kier molecular flexibility index (Phi) is 10.9. The molecule has 0 bridgehead atoms. The van der Waals surface area contributed by atoms with Crippen LogP contribution in [0.5, 0.6) is 0 Å². The summed E-state index contributed by atoms with van der Waals surface area (Å²) < 4.78 is 5.21.